The van der Waals surface area contributed by atoms with E-state index in [1.807, 2.05) is 12.1 Å². The third-order valence-electron chi connectivity index (χ3n) is 5.20. The first-order chi connectivity index (χ1) is 14.5. The Bertz CT molecular complexity index is 1200. The van der Waals surface area contributed by atoms with E-state index in [9.17, 15) is 13.2 Å². The van der Waals surface area contributed by atoms with Crippen molar-refractivity contribution in [1.82, 2.24) is 18.0 Å². The van der Waals surface area contributed by atoms with Gasteiger partial charge >= 0.3 is 0 Å². The first kappa shape index (κ1) is 19.2. The molecule has 0 saturated carbocycles. The summed E-state index contributed by atoms with van der Waals surface area (Å²) in [4.78, 5) is 14.6. The van der Waals surface area contributed by atoms with Gasteiger partial charge in [-0.15, -0.1) is 0 Å². The first-order valence-corrected chi connectivity index (χ1v) is 11.6. The Morgan fingerprint density at radius 3 is 2.57 bits per heavy atom. The van der Waals surface area contributed by atoms with Crippen molar-refractivity contribution in [2.75, 3.05) is 32.8 Å². The van der Waals surface area contributed by atoms with E-state index in [4.69, 9.17) is 9.47 Å². The molecule has 0 bridgehead atoms. The van der Waals surface area contributed by atoms with Crippen molar-refractivity contribution in [3.05, 3.63) is 42.5 Å². The topological polar surface area (TPSA) is 102 Å². The van der Waals surface area contributed by atoms with E-state index in [-0.39, 0.29) is 43.6 Å². The van der Waals surface area contributed by atoms with E-state index in [2.05, 4.69) is 8.75 Å². The van der Waals surface area contributed by atoms with Gasteiger partial charge < -0.3 is 14.4 Å². The highest BCUT2D eigenvalue weighted by atomic mass is 32.2. The highest BCUT2D eigenvalue weighted by Gasteiger charge is 2.36. The van der Waals surface area contributed by atoms with Crippen LogP contribution in [-0.4, -0.2) is 71.2 Å². The summed E-state index contributed by atoms with van der Waals surface area (Å²) in [6, 6.07) is 12.1. The molecule has 0 spiro atoms. The molecular weight excluding hydrogens is 428 g/mol. The summed E-state index contributed by atoms with van der Waals surface area (Å²) in [6.07, 6.45) is -0.738. The Labute approximate surface area is 177 Å². The van der Waals surface area contributed by atoms with Crippen molar-refractivity contribution in [3.63, 3.8) is 0 Å². The average molecular weight is 447 g/mol. The zero-order valence-corrected chi connectivity index (χ0v) is 17.4. The minimum atomic E-state index is -3.73. The molecule has 156 valence electrons. The Kier molecular flexibility index (Phi) is 4.80. The Morgan fingerprint density at radius 2 is 1.77 bits per heavy atom. The molecule has 0 aliphatic carbocycles. The molecule has 1 saturated heterocycles. The van der Waals surface area contributed by atoms with Crippen LogP contribution in [0.1, 0.15) is 0 Å². The van der Waals surface area contributed by atoms with Crippen molar-refractivity contribution in [2.45, 2.75) is 11.0 Å². The molecule has 0 unspecified atom stereocenters. The molecule has 1 atom stereocenters. The Balaban J connectivity index is 1.27. The molecule has 9 nitrogen and oxygen atoms in total. The van der Waals surface area contributed by atoms with Crippen LogP contribution >= 0.6 is 11.7 Å². The second kappa shape index (κ2) is 7.49. The minimum absolute atomic E-state index is 0.132. The van der Waals surface area contributed by atoms with Crippen LogP contribution in [0.25, 0.3) is 11.0 Å². The number of nitrogens with zero attached hydrogens (tertiary/aromatic N) is 4. The zero-order chi connectivity index (χ0) is 20.7. The molecule has 0 radical (unpaired) electrons. The van der Waals surface area contributed by atoms with Gasteiger partial charge in [0.15, 0.2) is 11.5 Å². The fourth-order valence-electron chi connectivity index (χ4n) is 3.62. The van der Waals surface area contributed by atoms with Crippen LogP contribution in [0.5, 0.6) is 11.5 Å². The summed E-state index contributed by atoms with van der Waals surface area (Å²) in [5.74, 6) is 0.948. The number of benzene rings is 2. The van der Waals surface area contributed by atoms with Crippen LogP contribution in [0, 0.1) is 0 Å². The number of fused-ring (bicyclic) bond motifs is 2. The lowest BCUT2D eigenvalue weighted by atomic mass is 10.2. The normalized spacial score (nSPS) is 19.7. The summed E-state index contributed by atoms with van der Waals surface area (Å²) in [5, 5.41) is 0. The van der Waals surface area contributed by atoms with Gasteiger partial charge in [-0.25, -0.2) is 8.42 Å². The lowest BCUT2D eigenvalue weighted by Gasteiger charge is -2.36. The molecule has 11 heteroatoms. The van der Waals surface area contributed by atoms with E-state index < -0.39 is 16.1 Å². The van der Waals surface area contributed by atoms with Gasteiger partial charge in [0, 0.05) is 26.2 Å². The lowest BCUT2D eigenvalue weighted by molar-refractivity contribution is -0.142. The van der Waals surface area contributed by atoms with E-state index in [0.29, 0.717) is 22.5 Å². The van der Waals surface area contributed by atoms with Crippen molar-refractivity contribution in [3.8, 4) is 11.5 Å². The van der Waals surface area contributed by atoms with Gasteiger partial charge in [-0.1, -0.05) is 18.2 Å². The second-order valence-electron chi connectivity index (χ2n) is 6.98. The van der Waals surface area contributed by atoms with Crippen molar-refractivity contribution in [1.29, 1.82) is 0 Å². The van der Waals surface area contributed by atoms with Crippen LogP contribution < -0.4 is 9.47 Å². The summed E-state index contributed by atoms with van der Waals surface area (Å²) in [5.41, 5.74) is 0.942. The highest BCUT2D eigenvalue weighted by Crippen LogP contribution is 2.31. The quantitative estimate of drug-likeness (QED) is 0.599. The largest absolute Gasteiger partial charge is 0.485 e. The third-order valence-corrected chi connectivity index (χ3v) is 7.67. The molecular formula is C19H18N4O5S2. The van der Waals surface area contributed by atoms with Crippen LogP contribution in [0.3, 0.4) is 0 Å². The molecule has 2 aliphatic heterocycles. The number of carbonyl (C=O) groups is 1. The molecule has 1 fully saturated rings. The van der Waals surface area contributed by atoms with Crippen molar-refractivity contribution >= 4 is 38.7 Å². The molecule has 3 heterocycles. The van der Waals surface area contributed by atoms with Crippen LogP contribution in [0.15, 0.2) is 47.4 Å². The number of piperazine rings is 1. The molecule has 30 heavy (non-hydrogen) atoms. The smallest absolute Gasteiger partial charge is 0.267 e. The standard InChI is InChI=1S/C19H18N4O5S2/c24-19(16-12-27-14-5-1-2-6-15(14)28-16)22-8-10-23(11-9-22)30(25,26)17-7-3-4-13-18(17)21-29-20-13/h1-7,16H,8-12H2/t16-/m0/s1. The summed E-state index contributed by atoms with van der Waals surface area (Å²) >= 11 is 0.983. The van der Waals surface area contributed by atoms with E-state index >= 15 is 0 Å². The predicted molar refractivity (Wildman–Crippen MR) is 109 cm³/mol. The lowest BCUT2D eigenvalue weighted by Crippen LogP contribution is -2.55. The fraction of sp³-hybridized carbons (Fsp3) is 0.316. The summed E-state index contributed by atoms with van der Waals surface area (Å²) in [7, 11) is -3.73. The molecule has 2 aliphatic rings. The monoisotopic (exact) mass is 446 g/mol. The molecule has 2 aromatic carbocycles. The van der Waals surface area contributed by atoms with Crippen molar-refractivity contribution < 1.29 is 22.7 Å². The summed E-state index contributed by atoms with van der Waals surface area (Å²) in [6.45, 7) is 1.10. The molecule has 1 aromatic heterocycles. The molecule has 5 rings (SSSR count). The highest BCUT2D eigenvalue weighted by molar-refractivity contribution is 7.89. The second-order valence-corrected chi connectivity index (χ2v) is 9.42. The first-order valence-electron chi connectivity index (χ1n) is 9.43. The van der Waals surface area contributed by atoms with Crippen LogP contribution in [0.4, 0.5) is 0 Å². The van der Waals surface area contributed by atoms with Gasteiger partial charge in [-0.05, 0) is 24.3 Å². The van der Waals surface area contributed by atoms with Gasteiger partial charge in [-0.2, -0.15) is 13.1 Å². The fourth-order valence-corrected chi connectivity index (χ4v) is 5.80. The molecule has 0 N–H and O–H groups in total. The Morgan fingerprint density at radius 1 is 1.00 bits per heavy atom. The van der Waals surface area contributed by atoms with Gasteiger partial charge in [0.05, 0.1) is 11.7 Å². The summed E-state index contributed by atoms with van der Waals surface area (Å²) < 4.78 is 47.3. The Hall–Kier alpha value is -2.76. The van der Waals surface area contributed by atoms with E-state index in [1.54, 1.807) is 35.2 Å². The van der Waals surface area contributed by atoms with Crippen molar-refractivity contribution in [2.24, 2.45) is 0 Å². The average Bonchev–Trinajstić information content (AvgIpc) is 3.27. The third kappa shape index (κ3) is 3.28. The number of aromatic nitrogens is 2. The zero-order valence-electron chi connectivity index (χ0n) is 15.8. The molecule has 1 amide bonds. The van der Waals surface area contributed by atoms with Gasteiger partial charge in [-0.3, -0.25) is 4.79 Å². The number of hydrogen-bond donors (Lipinski definition) is 0. The number of para-hydroxylation sites is 2. The van der Waals surface area contributed by atoms with Gasteiger partial charge in [0.25, 0.3) is 5.91 Å². The number of rotatable bonds is 3. The maximum Gasteiger partial charge on any atom is 0.267 e. The molecule has 3 aromatic rings. The van der Waals surface area contributed by atoms with Gasteiger partial charge in [0.1, 0.15) is 22.5 Å². The minimum Gasteiger partial charge on any atom is -0.485 e. The number of amides is 1. The van der Waals surface area contributed by atoms with Crippen LogP contribution in [0.2, 0.25) is 0 Å². The van der Waals surface area contributed by atoms with E-state index in [0.717, 1.165) is 11.7 Å². The maximum absolute atomic E-state index is 13.1. The van der Waals surface area contributed by atoms with Crippen LogP contribution in [-0.2, 0) is 14.8 Å². The maximum atomic E-state index is 13.1. The SMILES string of the molecule is O=C([C@@H]1COc2ccccc2O1)N1CCN(S(=O)(=O)c2cccc3nsnc23)CC1. The number of carbonyl (C=O) groups excluding carboxylic acids is 1. The van der Waals surface area contributed by atoms with E-state index in [1.165, 1.54) is 4.31 Å². The predicted octanol–water partition coefficient (Wildman–Crippen LogP) is 1.36. The van der Waals surface area contributed by atoms with Gasteiger partial charge in [0.2, 0.25) is 16.1 Å². The number of sulfonamides is 1. The number of ether oxygens (including phenoxy) is 2. The number of hydrogen-bond acceptors (Lipinski definition) is 8.